The van der Waals surface area contributed by atoms with Gasteiger partial charge in [-0.3, -0.25) is 4.57 Å². The second-order valence-electron chi connectivity index (χ2n) is 5.49. The van der Waals surface area contributed by atoms with Crippen molar-refractivity contribution in [3.8, 4) is 0 Å². The highest BCUT2D eigenvalue weighted by Crippen LogP contribution is 2.44. The molecule has 3 rings (SSSR count). The van der Waals surface area contributed by atoms with Crippen LogP contribution in [-0.2, 0) is 9.19 Å². The molecule has 0 heterocycles. The van der Waals surface area contributed by atoms with Gasteiger partial charge in [-0.2, -0.15) is 0 Å². The minimum Gasteiger partial charge on any atom is -0.330 e. The molecule has 0 aromatic heterocycles. The number of nitrogens with zero attached hydrogens (tertiary/aromatic N) is 1. The molecule has 0 aliphatic carbocycles. The van der Waals surface area contributed by atoms with E-state index in [0.717, 1.165) is 0 Å². The minimum atomic E-state index is -3.37. The van der Waals surface area contributed by atoms with Gasteiger partial charge < -0.3 is 4.62 Å². The van der Waals surface area contributed by atoms with Crippen LogP contribution in [0.4, 0.5) is 4.39 Å². The van der Waals surface area contributed by atoms with E-state index in [9.17, 15) is 8.96 Å². The Morgan fingerprint density at radius 1 is 0.840 bits per heavy atom. The van der Waals surface area contributed by atoms with Crippen LogP contribution in [0.3, 0.4) is 0 Å². The maximum absolute atomic E-state index is 13.6. The fourth-order valence-corrected chi connectivity index (χ4v) is 4.21. The van der Waals surface area contributed by atoms with Crippen molar-refractivity contribution in [3.05, 3.63) is 96.3 Å². The van der Waals surface area contributed by atoms with Gasteiger partial charge in [0.05, 0.1) is 16.3 Å². The molecular formula is C20H17FNO2P. The fraction of sp³-hybridized carbons (Fsp3) is 0.0500. The molecule has 0 spiro atoms. The zero-order valence-electron chi connectivity index (χ0n) is 13.7. The molecule has 0 saturated carbocycles. The van der Waals surface area contributed by atoms with Crippen molar-refractivity contribution in [2.75, 3.05) is 0 Å². The summed E-state index contributed by atoms with van der Waals surface area (Å²) in [6, 6.07) is 23.9. The Hall–Kier alpha value is -2.71. The lowest BCUT2D eigenvalue weighted by Crippen LogP contribution is -2.17. The Bertz CT molecular complexity index is 866. The molecular weight excluding hydrogens is 336 g/mol. The molecule has 0 saturated heterocycles. The smallest absolute Gasteiger partial charge is 0.330 e. The van der Waals surface area contributed by atoms with E-state index < -0.39 is 7.37 Å². The number of benzene rings is 3. The van der Waals surface area contributed by atoms with Crippen LogP contribution >= 0.6 is 7.37 Å². The Kier molecular flexibility index (Phi) is 5.11. The van der Waals surface area contributed by atoms with E-state index in [1.165, 1.54) is 12.1 Å². The van der Waals surface area contributed by atoms with Crippen molar-refractivity contribution in [1.29, 1.82) is 0 Å². The van der Waals surface area contributed by atoms with Crippen LogP contribution in [0.25, 0.3) is 0 Å². The summed E-state index contributed by atoms with van der Waals surface area (Å²) in [7, 11) is -3.37. The van der Waals surface area contributed by atoms with Gasteiger partial charge in [-0.25, -0.2) is 4.39 Å². The Morgan fingerprint density at radius 2 is 1.32 bits per heavy atom. The third-order valence-electron chi connectivity index (χ3n) is 3.75. The first-order valence-corrected chi connectivity index (χ1v) is 9.42. The van der Waals surface area contributed by atoms with Gasteiger partial charge in [-0.15, -0.1) is 0 Å². The summed E-state index contributed by atoms with van der Waals surface area (Å²) in [5.74, 6) is -0.322. The molecule has 0 aliphatic heterocycles. The van der Waals surface area contributed by atoms with E-state index in [0.29, 0.717) is 21.9 Å². The third-order valence-corrected chi connectivity index (χ3v) is 6.01. The molecule has 0 radical (unpaired) electrons. The van der Waals surface area contributed by atoms with Gasteiger partial charge in [0.25, 0.3) is 0 Å². The van der Waals surface area contributed by atoms with Gasteiger partial charge in [0.1, 0.15) is 5.82 Å². The summed E-state index contributed by atoms with van der Waals surface area (Å²) in [4.78, 5) is 0. The molecule has 0 atom stereocenters. The van der Waals surface area contributed by atoms with Crippen LogP contribution in [0.15, 0.2) is 90.1 Å². The zero-order valence-corrected chi connectivity index (χ0v) is 14.6. The van der Waals surface area contributed by atoms with Gasteiger partial charge in [0.15, 0.2) is 0 Å². The van der Waals surface area contributed by atoms with Crippen LogP contribution in [-0.4, -0.2) is 5.71 Å². The van der Waals surface area contributed by atoms with Crippen molar-refractivity contribution in [1.82, 2.24) is 0 Å². The summed E-state index contributed by atoms with van der Waals surface area (Å²) >= 11 is 0. The summed E-state index contributed by atoms with van der Waals surface area (Å²) in [5, 5.41) is 5.21. The normalized spacial score (nSPS) is 12.0. The van der Waals surface area contributed by atoms with Gasteiger partial charge in [0.2, 0.25) is 0 Å². The lowest BCUT2D eigenvalue weighted by Gasteiger charge is -2.16. The summed E-state index contributed by atoms with van der Waals surface area (Å²) < 4.78 is 32.3. The monoisotopic (exact) mass is 353 g/mol. The largest absolute Gasteiger partial charge is 0.330 e. The lowest BCUT2D eigenvalue weighted by molar-refractivity contribution is 0.349. The van der Waals surface area contributed by atoms with Crippen LogP contribution in [0.2, 0.25) is 0 Å². The number of rotatable bonds is 5. The van der Waals surface area contributed by atoms with Crippen molar-refractivity contribution >= 4 is 23.7 Å². The third kappa shape index (κ3) is 3.86. The highest BCUT2D eigenvalue weighted by atomic mass is 31.2. The molecule has 3 aromatic rings. The maximum atomic E-state index is 13.6. The number of hydrogen-bond donors (Lipinski definition) is 0. The van der Waals surface area contributed by atoms with Crippen LogP contribution in [0.5, 0.6) is 0 Å². The molecule has 3 aromatic carbocycles. The fourth-order valence-electron chi connectivity index (χ4n) is 2.35. The zero-order chi connectivity index (χ0) is 17.7. The quantitative estimate of drug-likeness (QED) is 0.385. The topological polar surface area (TPSA) is 38.7 Å². The molecule has 0 N–H and O–H groups in total. The second-order valence-corrected chi connectivity index (χ2v) is 7.79. The highest BCUT2D eigenvalue weighted by Gasteiger charge is 2.30. The van der Waals surface area contributed by atoms with Crippen LogP contribution < -0.4 is 10.6 Å². The molecule has 0 bridgehead atoms. The standard InChI is InChI=1S/C20H17FNO2P/c1-16(17-12-14-18(21)15-13-17)22-24-25(23,19-8-4-2-5-9-19)20-10-6-3-7-11-20/h2-15H,1H3/b22-16+. The van der Waals surface area contributed by atoms with Crippen LogP contribution in [0.1, 0.15) is 12.5 Å². The van der Waals surface area contributed by atoms with E-state index in [4.69, 9.17) is 4.62 Å². The molecule has 0 amide bonds. The SMILES string of the molecule is C/C(=N\OP(=O)(c1ccccc1)c1ccccc1)c1ccc(F)cc1. The first kappa shape index (κ1) is 17.1. The molecule has 0 aliphatic rings. The Morgan fingerprint density at radius 3 is 1.80 bits per heavy atom. The highest BCUT2D eigenvalue weighted by molar-refractivity contribution is 7.74. The van der Waals surface area contributed by atoms with E-state index in [2.05, 4.69) is 5.16 Å². The molecule has 0 unspecified atom stereocenters. The van der Waals surface area contributed by atoms with E-state index >= 15 is 0 Å². The minimum absolute atomic E-state index is 0.322. The number of hydrogen-bond acceptors (Lipinski definition) is 3. The predicted molar refractivity (Wildman–Crippen MR) is 99.5 cm³/mol. The van der Waals surface area contributed by atoms with Crippen LogP contribution in [0, 0.1) is 5.82 Å². The Balaban J connectivity index is 1.98. The summed E-state index contributed by atoms with van der Waals surface area (Å²) in [5.41, 5.74) is 1.22. The average Bonchev–Trinajstić information content (AvgIpc) is 2.68. The summed E-state index contributed by atoms with van der Waals surface area (Å²) in [6.07, 6.45) is 0. The van der Waals surface area contributed by atoms with E-state index in [1.807, 2.05) is 36.4 Å². The van der Waals surface area contributed by atoms with Gasteiger partial charge in [-0.1, -0.05) is 53.7 Å². The van der Waals surface area contributed by atoms with Gasteiger partial charge in [-0.05, 0) is 48.9 Å². The Labute approximate surface area is 146 Å². The molecule has 3 nitrogen and oxygen atoms in total. The number of oxime groups is 1. The molecule has 25 heavy (non-hydrogen) atoms. The first-order valence-electron chi connectivity index (χ1n) is 7.80. The van der Waals surface area contributed by atoms with Gasteiger partial charge in [0, 0.05) is 0 Å². The predicted octanol–water partition coefficient (Wildman–Crippen LogP) is 4.50. The molecule has 126 valence electrons. The lowest BCUT2D eigenvalue weighted by atomic mass is 10.1. The van der Waals surface area contributed by atoms with Crippen molar-refractivity contribution in [2.24, 2.45) is 5.16 Å². The molecule has 0 fully saturated rings. The molecule has 5 heteroatoms. The van der Waals surface area contributed by atoms with E-state index in [-0.39, 0.29) is 5.82 Å². The second kappa shape index (κ2) is 7.45. The van der Waals surface area contributed by atoms with Gasteiger partial charge >= 0.3 is 7.37 Å². The van der Waals surface area contributed by atoms with E-state index in [1.54, 1.807) is 43.3 Å². The first-order chi connectivity index (χ1) is 12.1. The van der Waals surface area contributed by atoms with Crippen molar-refractivity contribution in [2.45, 2.75) is 6.92 Å². The number of halogens is 1. The summed E-state index contributed by atoms with van der Waals surface area (Å²) in [6.45, 7) is 1.73. The average molecular weight is 353 g/mol. The van der Waals surface area contributed by atoms with Crippen molar-refractivity contribution < 1.29 is 13.6 Å². The maximum Gasteiger partial charge on any atom is 0.330 e. The van der Waals surface area contributed by atoms with Crippen molar-refractivity contribution in [3.63, 3.8) is 0 Å².